The second-order valence-corrected chi connectivity index (χ2v) is 10.7. The number of anilines is 1. The zero-order chi connectivity index (χ0) is 23.0. The van der Waals surface area contributed by atoms with Crippen LogP contribution in [0.2, 0.25) is 4.34 Å². The van der Waals surface area contributed by atoms with E-state index in [-0.39, 0.29) is 17.2 Å². The Morgan fingerprint density at radius 3 is 2.34 bits per heavy atom. The van der Waals surface area contributed by atoms with Crippen molar-refractivity contribution in [2.24, 2.45) is 0 Å². The maximum absolute atomic E-state index is 13.4. The second kappa shape index (κ2) is 8.55. The van der Waals surface area contributed by atoms with Crippen LogP contribution in [0.3, 0.4) is 0 Å². The lowest BCUT2D eigenvalue weighted by Gasteiger charge is -2.28. The molecule has 1 aliphatic heterocycles. The number of sulfonamides is 1. The summed E-state index contributed by atoms with van der Waals surface area (Å²) in [6.07, 6.45) is 0. The minimum Gasteiger partial charge on any atom is -0.508 e. The summed E-state index contributed by atoms with van der Waals surface area (Å²) in [7, 11) is -4.26. The van der Waals surface area contributed by atoms with Crippen molar-refractivity contribution in [3.63, 3.8) is 0 Å². The SMILES string of the molecule is O=C(O)C1CN(C(=O)c2ccc(Cl)s2)c2ccccc2CN1S(=O)(=O)c1ccc(O)cc1. The first-order valence-corrected chi connectivity index (χ1v) is 12.0. The molecule has 1 atom stereocenters. The van der Waals surface area contributed by atoms with Gasteiger partial charge in [0.05, 0.1) is 20.7 Å². The van der Waals surface area contributed by atoms with Crippen LogP contribution in [0.25, 0.3) is 0 Å². The second-order valence-electron chi connectivity index (χ2n) is 7.05. The van der Waals surface area contributed by atoms with Crippen molar-refractivity contribution in [1.29, 1.82) is 0 Å². The summed E-state index contributed by atoms with van der Waals surface area (Å²) in [4.78, 5) is 26.9. The highest BCUT2D eigenvalue weighted by atomic mass is 35.5. The molecule has 0 saturated heterocycles. The van der Waals surface area contributed by atoms with Crippen LogP contribution in [0.4, 0.5) is 5.69 Å². The molecule has 1 unspecified atom stereocenters. The van der Waals surface area contributed by atoms with Gasteiger partial charge >= 0.3 is 5.97 Å². The number of carbonyl (C=O) groups is 2. The van der Waals surface area contributed by atoms with Crippen LogP contribution in [0.15, 0.2) is 65.6 Å². The molecular weight excluding hydrogens is 476 g/mol. The van der Waals surface area contributed by atoms with E-state index in [1.54, 1.807) is 36.4 Å². The number of aliphatic carboxylic acids is 1. The number of benzene rings is 2. The van der Waals surface area contributed by atoms with E-state index in [0.717, 1.165) is 15.6 Å². The summed E-state index contributed by atoms with van der Waals surface area (Å²) in [5.74, 6) is -1.97. The molecule has 1 amide bonds. The molecule has 2 heterocycles. The van der Waals surface area contributed by atoms with Gasteiger partial charge in [0.15, 0.2) is 0 Å². The molecule has 1 aliphatic rings. The molecule has 0 saturated carbocycles. The van der Waals surface area contributed by atoms with Gasteiger partial charge < -0.3 is 15.1 Å². The number of carboxylic acid groups (broad SMARTS) is 1. The Bertz CT molecular complexity index is 1290. The summed E-state index contributed by atoms with van der Waals surface area (Å²) in [5.41, 5.74) is 0.909. The number of hydrogen-bond acceptors (Lipinski definition) is 6. The molecule has 0 fully saturated rings. The highest BCUT2D eigenvalue weighted by molar-refractivity contribution is 7.89. The topological polar surface area (TPSA) is 115 Å². The molecule has 1 aromatic heterocycles. The Morgan fingerprint density at radius 2 is 1.72 bits per heavy atom. The minimum atomic E-state index is -4.26. The van der Waals surface area contributed by atoms with Crippen LogP contribution in [0.5, 0.6) is 5.75 Å². The highest BCUT2D eigenvalue weighted by Gasteiger charge is 2.41. The van der Waals surface area contributed by atoms with Gasteiger partial charge in [-0.2, -0.15) is 4.31 Å². The van der Waals surface area contributed by atoms with Gasteiger partial charge in [-0.25, -0.2) is 8.42 Å². The number of carbonyl (C=O) groups excluding carboxylic acids is 1. The van der Waals surface area contributed by atoms with Gasteiger partial charge in [0.25, 0.3) is 5.91 Å². The lowest BCUT2D eigenvalue weighted by atomic mass is 10.1. The van der Waals surface area contributed by atoms with Crippen LogP contribution in [0, 0.1) is 0 Å². The van der Waals surface area contributed by atoms with Crippen molar-refractivity contribution >= 4 is 50.5 Å². The van der Waals surface area contributed by atoms with E-state index in [4.69, 9.17) is 11.6 Å². The fourth-order valence-electron chi connectivity index (χ4n) is 3.51. The zero-order valence-corrected chi connectivity index (χ0v) is 18.8. The van der Waals surface area contributed by atoms with E-state index >= 15 is 0 Å². The maximum atomic E-state index is 13.4. The Labute approximate surface area is 193 Å². The summed E-state index contributed by atoms with van der Waals surface area (Å²) in [6.45, 7) is -0.636. The summed E-state index contributed by atoms with van der Waals surface area (Å²) in [6, 6.07) is 13.1. The number of rotatable bonds is 4. The molecule has 166 valence electrons. The molecule has 0 spiro atoms. The van der Waals surface area contributed by atoms with Gasteiger partial charge in [-0.1, -0.05) is 29.8 Å². The fraction of sp³-hybridized carbons (Fsp3) is 0.143. The van der Waals surface area contributed by atoms with Crippen LogP contribution < -0.4 is 4.90 Å². The number of phenols is 1. The predicted octanol–water partition coefficient (Wildman–Crippen LogP) is 3.41. The average Bonchev–Trinajstić information content (AvgIpc) is 3.11. The quantitative estimate of drug-likeness (QED) is 0.576. The van der Waals surface area contributed by atoms with Gasteiger partial charge in [-0.15, -0.1) is 11.3 Å². The van der Waals surface area contributed by atoms with Gasteiger partial charge in [-0.3, -0.25) is 9.59 Å². The third-order valence-corrected chi connectivity index (χ3v) is 8.16. The Kier molecular flexibility index (Phi) is 5.95. The minimum absolute atomic E-state index is 0.119. The smallest absolute Gasteiger partial charge is 0.323 e. The first kappa shape index (κ1) is 22.3. The Hall–Kier alpha value is -2.92. The summed E-state index contributed by atoms with van der Waals surface area (Å²) >= 11 is 7.02. The number of nitrogens with zero attached hydrogens (tertiary/aromatic N) is 2. The number of hydrogen-bond donors (Lipinski definition) is 2. The van der Waals surface area contributed by atoms with Gasteiger partial charge in [-0.05, 0) is 48.0 Å². The third kappa shape index (κ3) is 4.09. The molecule has 32 heavy (non-hydrogen) atoms. The molecule has 2 N–H and O–H groups in total. The van der Waals surface area contributed by atoms with Gasteiger partial charge in [0, 0.05) is 12.2 Å². The standard InChI is InChI=1S/C21H17ClN2O6S2/c22-19-10-9-18(31-19)20(26)23-12-17(21(27)28)24(11-13-3-1-2-4-16(13)23)32(29,30)15-7-5-14(25)6-8-15/h1-10,17,25H,11-12H2,(H,27,28). The van der Waals surface area contributed by atoms with Crippen molar-refractivity contribution in [1.82, 2.24) is 4.31 Å². The van der Waals surface area contributed by atoms with Crippen molar-refractivity contribution < 1.29 is 28.2 Å². The van der Waals surface area contributed by atoms with Crippen LogP contribution in [0.1, 0.15) is 15.2 Å². The van der Waals surface area contributed by atoms with Gasteiger partial charge in [0.1, 0.15) is 11.8 Å². The zero-order valence-electron chi connectivity index (χ0n) is 16.4. The van der Waals surface area contributed by atoms with E-state index in [0.29, 0.717) is 20.5 Å². The molecule has 4 rings (SSSR count). The Balaban J connectivity index is 1.82. The van der Waals surface area contributed by atoms with E-state index in [2.05, 4.69) is 0 Å². The molecule has 0 radical (unpaired) electrons. The number of amides is 1. The summed E-state index contributed by atoms with van der Waals surface area (Å²) in [5, 5.41) is 19.4. The number of halogens is 1. The Morgan fingerprint density at radius 1 is 1.03 bits per heavy atom. The van der Waals surface area contributed by atoms with Crippen LogP contribution >= 0.6 is 22.9 Å². The predicted molar refractivity (Wildman–Crippen MR) is 120 cm³/mol. The molecule has 0 aliphatic carbocycles. The number of para-hydroxylation sites is 1. The maximum Gasteiger partial charge on any atom is 0.323 e. The number of phenolic OH excluding ortho intramolecular Hbond substituents is 1. The molecule has 8 nitrogen and oxygen atoms in total. The van der Waals surface area contributed by atoms with Crippen LogP contribution in [-0.4, -0.2) is 47.4 Å². The number of carboxylic acids is 1. The lowest BCUT2D eigenvalue weighted by Crippen LogP contribution is -2.50. The van der Waals surface area contributed by atoms with Gasteiger partial charge in [0.2, 0.25) is 10.0 Å². The molecule has 2 aromatic carbocycles. The van der Waals surface area contributed by atoms with E-state index in [1.165, 1.54) is 29.2 Å². The van der Waals surface area contributed by atoms with Crippen molar-refractivity contribution in [3.8, 4) is 5.75 Å². The van der Waals surface area contributed by atoms with Crippen molar-refractivity contribution in [2.45, 2.75) is 17.5 Å². The fourth-order valence-corrected chi connectivity index (χ4v) is 6.05. The van der Waals surface area contributed by atoms with E-state index in [1.807, 2.05) is 0 Å². The molecular formula is C21H17ClN2O6S2. The average molecular weight is 493 g/mol. The van der Waals surface area contributed by atoms with Crippen LogP contribution in [-0.2, 0) is 21.4 Å². The molecule has 11 heteroatoms. The van der Waals surface area contributed by atoms with Crippen molar-refractivity contribution in [3.05, 3.63) is 75.4 Å². The van der Waals surface area contributed by atoms with E-state index < -0.39 is 34.5 Å². The molecule has 3 aromatic rings. The number of aromatic hydroxyl groups is 1. The molecule has 0 bridgehead atoms. The monoisotopic (exact) mass is 492 g/mol. The highest BCUT2D eigenvalue weighted by Crippen LogP contribution is 2.33. The first-order chi connectivity index (χ1) is 15.2. The first-order valence-electron chi connectivity index (χ1n) is 9.37. The number of thiophene rings is 1. The third-order valence-electron chi connectivity index (χ3n) is 5.07. The summed E-state index contributed by atoms with van der Waals surface area (Å²) < 4.78 is 28.1. The normalized spacial score (nSPS) is 16.9. The number of fused-ring (bicyclic) bond motifs is 1. The van der Waals surface area contributed by atoms with Crippen molar-refractivity contribution in [2.75, 3.05) is 11.4 Å². The largest absolute Gasteiger partial charge is 0.508 e. The lowest BCUT2D eigenvalue weighted by molar-refractivity contribution is -0.141. The van der Waals surface area contributed by atoms with E-state index in [9.17, 15) is 28.2 Å².